The van der Waals surface area contributed by atoms with Crippen LogP contribution in [0.4, 0.5) is 17.6 Å². The third-order valence-electron chi connectivity index (χ3n) is 5.78. The van der Waals surface area contributed by atoms with E-state index >= 15 is 0 Å². The monoisotopic (exact) mass is 475 g/mol. The molecule has 0 bridgehead atoms. The Kier molecular flexibility index (Phi) is 7.31. The topological polar surface area (TPSA) is 49.6 Å². The smallest absolute Gasteiger partial charge is 0.416 e. The Labute approximate surface area is 195 Å². The molecule has 180 valence electrons. The van der Waals surface area contributed by atoms with Crippen molar-refractivity contribution in [2.24, 2.45) is 0 Å². The van der Waals surface area contributed by atoms with Gasteiger partial charge in [0, 0.05) is 26.2 Å². The Morgan fingerprint density at radius 3 is 2.09 bits per heavy atom. The molecule has 1 aliphatic rings. The molecule has 34 heavy (non-hydrogen) atoms. The molecule has 0 aliphatic carbocycles. The molecule has 1 amide bonds. The lowest BCUT2D eigenvalue weighted by atomic mass is 10.1. The number of benzene rings is 2. The van der Waals surface area contributed by atoms with Gasteiger partial charge in [-0.2, -0.15) is 13.2 Å². The van der Waals surface area contributed by atoms with Crippen LogP contribution in [0.1, 0.15) is 52.3 Å². The van der Waals surface area contributed by atoms with Gasteiger partial charge in [-0.15, -0.1) is 0 Å². The highest BCUT2D eigenvalue weighted by Gasteiger charge is 2.30. The molecular weight excluding hydrogens is 450 g/mol. The summed E-state index contributed by atoms with van der Waals surface area (Å²) in [6, 6.07) is 11.0. The van der Waals surface area contributed by atoms with Crippen molar-refractivity contribution in [2.45, 2.75) is 45.1 Å². The predicted molar refractivity (Wildman–Crippen MR) is 117 cm³/mol. The molecule has 0 atom stereocenters. The predicted octanol–water partition coefficient (Wildman–Crippen LogP) is 5.66. The molecule has 0 radical (unpaired) electrons. The van der Waals surface area contributed by atoms with Gasteiger partial charge in [0.15, 0.2) is 5.69 Å². The largest absolute Gasteiger partial charge is 0.447 e. The number of amides is 1. The van der Waals surface area contributed by atoms with Gasteiger partial charge in [0.05, 0.1) is 12.1 Å². The fourth-order valence-electron chi connectivity index (χ4n) is 4.01. The first-order chi connectivity index (χ1) is 16.3. The summed E-state index contributed by atoms with van der Waals surface area (Å²) in [5, 5.41) is 0. The van der Waals surface area contributed by atoms with Crippen LogP contribution in [-0.4, -0.2) is 33.8 Å². The zero-order valence-corrected chi connectivity index (χ0v) is 18.5. The molecule has 5 nitrogen and oxygen atoms in total. The van der Waals surface area contributed by atoms with E-state index in [0.717, 1.165) is 37.0 Å². The molecule has 9 heteroatoms. The molecular formula is C25H25F4N3O2. The van der Waals surface area contributed by atoms with Gasteiger partial charge in [-0.3, -0.25) is 9.69 Å². The van der Waals surface area contributed by atoms with E-state index in [9.17, 15) is 22.4 Å². The summed E-state index contributed by atoms with van der Waals surface area (Å²) in [7, 11) is 0. The molecule has 0 spiro atoms. The second kappa shape index (κ2) is 10.4. The van der Waals surface area contributed by atoms with Crippen molar-refractivity contribution in [1.29, 1.82) is 0 Å². The third-order valence-corrected chi connectivity index (χ3v) is 5.78. The van der Waals surface area contributed by atoms with Gasteiger partial charge in [-0.05, 0) is 54.7 Å². The number of aromatic nitrogens is 1. The Morgan fingerprint density at radius 1 is 0.912 bits per heavy atom. The van der Waals surface area contributed by atoms with Crippen LogP contribution in [0.3, 0.4) is 0 Å². The van der Waals surface area contributed by atoms with E-state index in [1.807, 2.05) is 4.90 Å². The molecule has 1 aliphatic heterocycles. The number of halogens is 4. The summed E-state index contributed by atoms with van der Waals surface area (Å²) < 4.78 is 57.6. The summed E-state index contributed by atoms with van der Waals surface area (Å²) in [5.74, 6) is -0.191. The second-order valence-electron chi connectivity index (χ2n) is 8.45. The first kappa shape index (κ1) is 23.9. The van der Waals surface area contributed by atoms with E-state index in [-0.39, 0.29) is 24.0 Å². The standard InChI is InChI=1S/C25H25F4N3O2/c26-21-10-6-19(7-11-21)15-31(14-18-4-8-20(9-5-18)25(27,28)29)16-23-30-22(17-34-23)24(33)32-12-2-1-3-13-32/h4-11,17H,1-3,12-16H2. The van der Waals surface area contributed by atoms with Gasteiger partial charge in [0.1, 0.15) is 12.1 Å². The van der Waals surface area contributed by atoms with Crippen molar-refractivity contribution in [2.75, 3.05) is 13.1 Å². The normalized spacial score (nSPS) is 14.6. The summed E-state index contributed by atoms with van der Waals surface area (Å²) in [4.78, 5) is 20.7. The Balaban J connectivity index is 1.49. The van der Waals surface area contributed by atoms with Crippen LogP contribution in [0.5, 0.6) is 0 Å². The van der Waals surface area contributed by atoms with Crippen LogP contribution >= 0.6 is 0 Å². The lowest BCUT2D eigenvalue weighted by molar-refractivity contribution is -0.137. The van der Waals surface area contributed by atoms with Crippen molar-refractivity contribution in [3.05, 3.63) is 88.9 Å². The van der Waals surface area contributed by atoms with Crippen LogP contribution in [0, 0.1) is 5.82 Å². The average molecular weight is 475 g/mol. The minimum Gasteiger partial charge on any atom is -0.447 e. The maximum Gasteiger partial charge on any atom is 0.416 e. The molecule has 1 saturated heterocycles. The number of carbonyl (C=O) groups excluding carboxylic acids is 1. The maximum atomic E-state index is 13.3. The highest BCUT2D eigenvalue weighted by Crippen LogP contribution is 2.29. The maximum absolute atomic E-state index is 13.3. The van der Waals surface area contributed by atoms with E-state index in [1.165, 1.54) is 30.5 Å². The quantitative estimate of drug-likeness (QED) is 0.414. The number of rotatable bonds is 7. The third kappa shape index (κ3) is 6.22. The fourth-order valence-corrected chi connectivity index (χ4v) is 4.01. The molecule has 1 fully saturated rings. The molecule has 3 aromatic rings. The number of nitrogens with zero attached hydrogens (tertiary/aromatic N) is 3. The molecule has 4 rings (SSSR count). The van der Waals surface area contributed by atoms with Crippen molar-refractivity contribution in [1.82, 2.24) is 14.8 Å². The van der Waals surface area contributed by atoms with Gasteiger partial charge >= 0.3 is 6.18 Å². The number of piperidine rings is 1. The SMILES string of the molecule is O=C(c1coc(CN(Cc2ccc(F)cc2)Cc2ccc(C(F)(F)F)cc2)n1)N1CCCCC1. The Bertz CT molecular complexity index is 1090. The van der Waals surface area contributed by atoms with E-state index in [0.29, 0.717) is 37.6 Å². The molecule has 0 saturated carbocycles. The summed E-state index contributed by atoms with van der Waals surface area (Å²) in [6.45, 7) is 2.33. The fraction of sp³-hybridized carbons (Fsp3) is 0.360. The lowest BCUT2D eigenvalue weighted by Gasteiger charge is -2.25. The number of oxazole rings is 1. The zero-order chi connectivity index (χ0) is 24.1. The molecule has 2 aromatic carbocycles. The molecule has 0 unspecified atom stereocenters. The number of carbonyl (C=O) groups is 1. The van der Waals surface area contributed by atoms with E-state index in [2.05, 4.69) is 4.98 Å². The van der Waals surface area contributed by atoms with Crippen molar-refractivity contribution in [3.8, 4) is 0 Å². The van der Waals surface area contributed by atoms with Crippen LogP contribution in [0.25, 0.3) is 0 Å². The molecule has 2 heterocycles. The number of hydrogen-bond donors (Lipinski definition) is 0. The van der Waals surface area contributed by atoms with Gasteiger partial charge in [0.2, 0.25) is 5.89 Å². The highest BCUT2D eigenvalue weighted by atomic mass is 19.4. The summed E-state index contributed by atoms with van der Waals surface area (Å²) in [6.07, 6.45) is -0.0115. The van der Waals surface area contributed by atoms with Crippen molar-refractivity contribution >= 4 is 5.91 Å². The number of alkyl halides is 3. The first-order valence-electron chi connectivity index (χ1n) is 11.1. The van der Waals surface area contributed by atoms with E-state index in [1.54, 1.807) is 17.0 Å². The van der Waals surface area contributed by atoms with Gasteiger partial charge in [-0.1, -0.05) is 24.3 Å². The minimum atomic E-state index is -4.40. The molecule has 1 aromatic heterocycles. The van der Waals surface area contributed by atoms with E-state index < -0.39 is 11.7 Å². The lowest BCUT2D eigenvalue weighted by Crippen LogP contribution is -2.35. The number of likely N-dealkylation sites (tertiary alicyclic amines) is 1. The van der Waals surface area contributed by atoms with Crippen molar-refractivity contribution < 1.29 is 26.8 Å². The van der Waals surface area contributed by atoms with Gasteiger partial charge < -0.3 is 9.32 Å². The Morgan fingerprint density at radius 2 is 1.50 bits per heavy atom. The average Bonchev–Trinajstić information content (AvgIpc) is 3.29. The van der Waals surface area contributed by atoms with E-state index in [4.69, 9.17) is 4.42 Å². The van der Waals surface area contributed by atoms with Crippen LogP contribution in [-0.2, 0) is 25.8 Å². The summed E-state index contributed by atoms with van der Waals surface area (Å²) >= 11 is 0. The minimum absolute atomic E-state index is 0.164. The van der Waals surface area contributed by atoms with Gasteiger partial charge in [-0.25, -0.2) is 9.37 Å². The summed E-state index contributed by atoms with van der Waals surface area (Å²) in [5.41, 5.74) is 1.03. The highest BCUT2D eigenvalue weighted by molar-refractivity contribution is 5.92. The van der Waals surface area contributed by atoms with Crippen LogP contribution < -0.4 is 0 Å². The first-order valence-corrected chi connectivity index (χ1v) is 11.1. The zero-order valence-electron chi connectivity index (χ0n) is 18.5. The number of hydrogen-bond acceptors (Lipinski definition) is 4. The van der Waals surface area contributed by atoms with Gasteiger partial charge in [0.25, 0.3) is 5.91 Å². The second-order valence-corrected chi connectivity index (χ2v) is 8.45. The van der Waals surface area contributed by atoms with Crippen molar-refractivity contribution in [3.63, 3.8) is 0 Å². The Hall–Kier alpha value is -3.20. The van der Waals surface area contributed by atoms with Crippen LogP contribution in [0.2, 0.25) is 0 Å². The van der Waals surface area contributed by atoms with Crippen LogP contribution in [0.15, 0.2) is 59.2 Å². The molecule has 0 N–H and O–H groups in total.